The summed E-state index contributed by atoms with van der Waals surface area (Å²) in [5, 5.41) is 9.97. The second-order valence-corrected chi connectivity index (χ2v) is 5.64. The summed E-state index contributed by atoms with van der Waals surface area (Å²) in [7, 11) is 0. The average molecular weight is 273 g/mol. The third-order valence-corrected chi connectivity index (χ3v) is 3.09. The maximum atomic E-state index is 9.97. The van der Waals surface area contributed by atoms with Crippen molar-refractivity contribution < 1.29 is 9.84 Å². The van der Waals surface area contributed by atoms with Crippen molar-refractivity contribution in [2.75, 3.05) is 6.61 Å². The van der Waals surface area contributed by atoms with Crippen molar-refractivity contribution in [1.29, 1.82) is 0 Å². The van der Waals surface area contributed by atoms with Gasteiger partial charge < -0.3 is 15.6 Å². The predicted molar refractivity (Wildman–Crippen MR) is 72.7 cm³/mol. The van der Waals surface area contributed by atoms with Crippen molar-refractivity contribution in [3.63, 3.8) is 0 Å². The van der Waals surface area contributed by atoms with Crippen molar-refractivity contribution in [3.05, 3.63) is 23.9 Å². The molecule has 1 heterocycles. The van der Waals surface area contributed by atoms with Crippen LogP contribution < -0.4 is 10.5 Å². The van der Waals surface area contributed by atoms with E-state index in [1.54, 1.807) is 12.3 Å². The highest BCUT2D eigenvalue weighted by molar-refractivity contribution is 6.17. The summed E-state index contributed by atoms with van der Waals surface area (Å²) in [6.07, 6.45) is 0.886. The Morgan fingerprint density at radius 1 is 1.50 bits per heavy atom. The molecule has 0 fully saturated rings. The molecule has 0 saturated carbocycles. The first kappa shape index (κ1) is 15.2. The Morgan fingerprint density at radius 3 is 2.72 bits per heavy atom. The van der Waals surface area contributed by atoms with Crippen molar-refractivity contribution in [2.45, 2.75) is 38.8 Å². The largest absolute Gasteiger partial charge is 0.475 e. The van der Waals surface area contributed by atoms with Gasteiger partial charge in [0.1, 0.15) is 12.7 Å². The second-order valence-electron chi connectivity index (χ2n) is 5.37. The molecule has 3 N–H and O–H groups in total. The van der Waals surface area contributed by atoms with Crippen LogP contribution in [0.5, 0.6) is 5.88 Å². The van der Waals surface area contributed by atoms with Gasteiger partial charge in [-0.15, -0.1) is 11.6 Å². The zero-order chi connectivity index (χ0) is 13.8. The number of nitrogens with zero attached hydrogens (tertiary/aromatic N) is 1. The molecule has 102 valence electrons. The fourth-order valence-electron chi connectivity index (χ4n) is 1.50. The van der Waals surface area contributed by atoms with E-state index in [-0.39, 0.29) is 18.1 Å². The number of aliphatic hydroxyl groups is 1. The van der Waals surface area contributed by atoms with Gasteiger partial charge in [-0.1, -0.05) is 26.8 Å². The van der Waals surface area contributed by atoms with Gasteiger partial charge in [0.2, 0.25) is 5.88 Å². The van der Waals surface area contributed by atoms with Crippen LogP contribution in [0.2, 0.25) is 0 Å². The smallest absolute Gasteiger partial charge is 0.217 e. The minimum absolute atomic E-state index is 0.110. The molecular weight excluding hydrogens is 252 g/mol. The molecule has 0 radical (unpaired) electrons. The van der Waals surface area contributed by atoms with Gasteiger partial charge in [0.15, 0.2) is 0 Å². The quantitative estimate of drug-likeness (QED) is 0.804. The van der Waals surface area contributed by atoms with E-state index < -0.39 is 6.10 Å². The summed E-state index contributed by atoms with van der Waals surface area (Å²) < 4.78 is 5.48. The molecule has 1 aromatic heterocycles. The van der Waals surface area contributed by atoms with E-state index in [2.05, 4.69) is 4.98 Å². The molecule has 0 saturated heterocycles. The van der Waals surface area contributed by atoms with Crippen LogP contribution in [0.3, 0.4) is 0 Å². The topological polar surface area (TPSA) is 68.4 Å². The first-order valence-electron chi connectivity index (χ1n) is 5.92. The Morgan fingerprint density at radius 2 is 2.17 bits per heavy atom. The lowest BCUT2D eigenvalue weighted by molar-refractivity contribution is 0.0478. The van der Waals surface area contributed by atoms with Gasteiger partial charge >= 0.3 is 0 Å². The van der Waals surface area contributed by atoms with Gasteiger partial charge in [0.25, 0.3) is 0 Å². The van der Waals surface area contributed by atoms with Crippen LogP contribution in [0.4, 0.5) is 0 Å². The fourth-order valence-corrected chi connectivity index (χ4v) is 1.70. The minimum Gasteiger partial charge on any atom is -0.475 e. The SMILES string of the molecule is CC(C)(C)C(N)C(O)COc1ncccc1CCl. The van der Waals surface area contributed by atoms with Gasteiger partial charge in [-0.25, -0.2) is 4.98 Å². The van der Waals surface area contributed by atoms with Crippen LogP contribution in [0.15, 0.2) is 18.3 Å². The summed E-state index contributed by atoms with van der Waals surface area (Å²) >= 11 is 5.78. The number of ether oxygens (including phenoxy) is 1. The van der Waals surface area contributed by atoms with E-state index in [0.29, 0.717) is 11.8 Å². The van der Waals surface area contributed by atoms with Gasteiger partial charge in [-0.05, 0) is 11.5 Å². The van der Waals surface area contributed by atoms with Gasteiger partial charge in [-0.3, -0.25) is 0 Å². The molecule has 18 heavy (non-hydrogen) atoms. The van der Waals surface area contributed by atoms with E-state index in [0.717, 1.165) is 5.56 Å². The normalized spacial score (nSPS) is 15.2. The lowest BCUT2D eigenvalue weighted by Gasteiger charge is -2.30. The van der Waals surface area contributed by atoms with Gasteiger partial charge in [-0.2, -0.15) is 0 Å². The number of rotatable bonds is 5. The molecule has 0 aliphatic carbocycles. The fraction of sp³-hybridized carbons (Fsp3) is 0.615. The molecular formula is C13H21ClN2O2. The molecule has 2 unspecified atom stereocenters. The molecule has 1 rings (SSSR count). The van der Waals surface area contributed by atoms with Crippen molar-refractivity contribution in [2.24, 2.45) is 11.1 Å². The van der Waals surface area contributed by atoms with Crippen LogP contribution in [-0.4, -0.2) is 28.8 Å². The van der Waals surface area contributed by atoms with Crippen LogP contribution >= 0.6 is 11.6 Å². The predicted octanol–water partition coefficient (Wildman–Crippen LogP) is 1.93. The van der Waals surface area contributed by atoms with E-state index in [4.69, 9.17) is 22.1 Å². The Labute approximate surface area is 113 Å². The van der Waals surface area contributed by atoms with Crippen LogP contribution in [0, 0.1) is 5.41 Å². The van der Waals surface area contributed by atoms with E-state index in [9.17, 15) is 5.11 Å². The molecule has 0 aliphatic heterocycles. The molecule has 0 amide bonds. The molecule has 2 atom stereocenters. The molecule has 0 bridgehead atoms. The lowest BCUT2D eigenvalue weighted by atomic mass is 9.84. The second kappa shape index (κ2) is 6.36. The monoisotopic (exact) mass is 272 g/mol. The van der Waals surface area contributed by atoms with Crippen LogP contribution in [0.25, 0.3) is 0 Å². The highest BCUT2D eigenvalue weighted by Crippen LogP contribution is 2.21. The highest BCUT2D eigenvalue weighted by Gasteiger charge is 2.28. The summed E-state index contributed by atoms with van der Waals surface area (Å²) in [5.74, 6) is 0.776. The number of aromatic nitrogens is 1. The first-order chi connectivity index (χ1) is 8.36. The van der Waals surface area contributed by atoms with E-state index >= 15 is 0 Å². The average Bonchev–Trinajstić information content (AvgIpc) is 2.34. The first-order valence-corrected chi connectivity index (χ1v) is 6.46. The third kappa shape index (κ3) is 4.12. The molecule has 5 heteroatoms. The molecule has 0 aliphatic rings. The van der Waals surface area contributed by atoms with E-state index in [1.165, 1.54) is 0 Å². The lowest BCUT2D eigenvalue weighted by Crippen LogP contribution is -2.47. The zero-order valence-corrected chi connectivity index (χ0v) is 11.8. The number of hydrogen-bond acceptors (Lipinski definition) is 4. The molecule has 0 aromatic carbocycles. The molecule has 0 spiro atoms. The van der Waals surface area contributed by atoms with Gasteiger partial charge in [0, 0.05) is 17.8 Å². The number of hydrogen-bond donors (Lipinski definition) is 2. The Kier molecular flexibility index (Phi) is 5.38. The zero-order valence-electron chi connectivity index (χ0n) is 11.1. The molecule has 1 aromatic rings. The maximum absolute atomic E-state index is 9.97. The summed E-state index contributed by atoms with van der Waals surface area (Å²) in [6, 6.07) is 3.27. The number of nitrogens with two attached hydrogens (primary N) is 1. The Balaban J connectivity index is 2.60. The third-order valence-electron chi connectivity index (χ3n) is 2.80. The van der Waals surface area contributed by atoms with Crippen LogP contribution in [-0.2, 0) is 5.88 Å². The number of halogens is 1. The van der Waals surface area contributed by atoms with Gasteiger partial charge in [0.05, 0.1) is 5.88 Å². The standard InChI is InChI=1S/C13H21ClN2O2/c1-13(2,3)11(15)10(17)8-18-12-9(7-14)5-4-6-16-12/h4-6,10-11,17H,7-8,15H2,1-3H3. The summed E-state index contributed by atoms with van der Waals surface area (Å²) in [5.41, 5.74) is 6.58. The van der Waals surface area contributed by atoms with Crippen LogP contribution in [0.1, 0.15) is 26.3 Å². The van der Waals surface area contributed by atoms with Crippen molar-refractivity contribution >= 4 is 11.6 Å². The minimum atomic E-state index is -0.741. The van der Waals surface area contributed by atoms with E-state index in [1.807, 2.05) is 26.8 Å². The van der Waals surface area contributed by atoms with Crippen molar-refractivity contribution in [3.8, 4) is 5.88 Å². The summed E-state index contributed by atoms with van der Waals surface area (Å²) in [4.78, 5) is 4.08. The van der Waals surface area contributed by atoms with Crippen molar-refractivity contribution in [1.82, 2.24) is 4.98 Å². The Bertz CT molecular complexity index is 379. The maximum Gasteiger partial charge on any atom is 0.217 e. The number of pyridine rings is 1. The highest BCUT2D eigenvalue weighted by atomic mass is 35.5. The molecule has 4 nitrogen and oxygen atoms in total. The summed E-state index contributed by atoms with van der Waals surface area (Å²) in [6.45, 7) is 6.04. The Hall–Kier alpha value is -0.840. The number of aliphatic hydroxyl groups excluding tert-OH is 1. The number of alkyl halides is 1.